The zero-order valence-electron chi connectivity index (χ0n) is 9.72. The van der Waals surface area contributed by atoms with E-state index in [0.717, 1.165) is 0 Å². The van der Waals surface area contributed by atoms with Gasteiger partial charge in [-0.2, -0.15) is 0 Å². The Bertz CT molecular complexity index is 561. The first-order valence-corrected chi connectivity index (χ1v) is 5.90. The second-order valence-electron chi connectivity index (χ2n) is 4.40. The smallest absolute Gasteiger partial charge is 0.134 e. The van der Waals surface area contributed by atoms with E-state index in [1.165, 1.54) is 22.3 Å². The molecule has 3 rings (SSSR count). The molecule has 1 aliphatic carbocycles. The largest absolute Gasteiger partial charge is 0.530 e. The van der Waals surface area contributed by atoms with E-state index in [2.05, 4.69) is 29.6 Å². The number of amides is 1. The van der Waals surface area contributed by atoms with Crippen molar-refractivity contribution in [1.82, 2.24) is 5.32 Å². The molecule has 2 aromatic carbocycles. The molecule has 0 saturated carbocycles. The Hall–Kier alpha value is -2.29. The van der Waals surface area contributed by atoms with Crippen molar-refractivity contribution in [3.63, 3.8) is 0 Å². The molecule has 1 N–H and O–H groups in total. The predicted molar refractivity (Wildman–Crippen MR) is 67.1 cm³/mol. The zero-order chi connectivity index (χ0) is 12.5. The molecule has 2 aromatic rings. The van der Waals surface area contributed by atoms with Crippen LogP contribution in [0.4, 0.5) is 4.79 Å². The summed E-state index contributed by atoms with van der Waals surface area (Å²) in [4.78, 5) is 10.6. The number of carbonyl (C=O) groups is 1. The monoisotopic (exact) mass is 238 g/mol. The van der Waals surface area contributed by atoms with Crippen LogP contribution >= 0.6 is 0 Å². The van der Waals surface area contributed by atoms with Gasteiger partial charge in [0.25, 0.3) is 0 Å². The number of carboxylic acid groups (broad SMARTS) is 1. The van der Waals surface area contributed by atoms with E-state index in [0.29, 0.717) is 6.54 Å². The predicted octanol–water partition coefficient (Wildman–Crippen LogP) is 1.73. The summed E-state index contributed by atoms with van der Waals surface area (Å²) < 4.78 is 0. The van der Waals surface area contributed by atoms with Gasteiger partial charge < -0.3 is 15.2 Å². The Labute approximate surface area is 105 Å². The minimum atomic E-state index is -1.23. The fourth-order valence-electron chi connectivity index (χ4n) is 2.67. The third-order valence-corrected chi connectivity index (χ3v) is 3.41. The molecule has 0 saturated heterocycles. The second-order valence-corrected chi connectivity index (χ2v) is 4.40. The standard InChI is InChI=1S/C15H13NO2/c17-15(18)16-9-14-12-7-3-1-5-10(12)11-6-2-4-8-13(11)14/h1-8,14,16H,9H2,(H,17,18)/p-1. The quantitative estimate of drug-likeness (QED) is 0.866. The van der Waals surface area contributed by atoms with Crippen molar-refractivity contribution in [3.05, 3.63) is 59.7 Å². The highest BCUT2D eigenvalue weighted by atomic mass is 16.4. The van der Waals surface area contributed by atoms with E-state index in [4.69, 9.17) is 0 Å². The molecule has 0 aliphatic heterocycles. The van der Waals surface area contributed by atoms with Crippen LogP contribution in [0.25, 0.3) is 11.1 Å². The number of benzene rings is 2. The van der Waals surface area contributed by atoms with Crippen LogP contribution in [-0.2, 0) is 0 Å². The van der Waals surface area contributed by atoms with Crippen molar-refractivity contribution in [3.8, 4) is 11.1 Å². The Morgan fingerprint density at radius 3 is 2.00 bits per heavy atom. The molecule has 0 radical (unpaired) electrons. The lowest BCUT2D eigenvalue weighted by Crippen LogP contribution is -2.38. The lowest BCUT2D eigenvalue weighted by Gasteiger charge is -2.15. The maximum atomic E-state index is 10.6. The van der Waals surface area contributed by atoms with E-state index >= 15 is 0 Å². The number of nitrogens with one attached hydrogen (secondary N) is 1. The summed E-state index contributed by atoms with van der Waals surface area (Å²) in [6.45, 7) is 0.357. The van der Waals surface area contributed by atoms with E-state index in [-0.39, 0.29) is 5.92 Å². The molecule has 0 spiro atoms. The van der Waals surface area contributed by atoms with Crippen molar-refractivity contribution in [2.24, 2.45) is 0 Å². The number of carbonyl (C=O) groups excluding carboxylic acids is 1. The van der Waals surface area contributed by atoms with Crippen LogP contribution in [0.1, 0.15) is 17.0 Å². The Morgan fingerprint density at radius 1 is 1.00 bits per heavy atom. The average molecular weight is 238 g/mol. The number of rotatable bonds is 2. The third kappa shape index (κ3) is 1.64. The summed E-state index contributed by atoms with van der Waals surface area (Å²) in [6.07, 6.45) is -1.23. The van der Waals surface area contributed by atoms with Gasteiger partial charge in [-0.25, -0.2) is 0 Å². The molecular formula is C15H12NO2-. The molecule has 3 heteroatoms. The first kappa shape index (κ1) is 10.8. The van der Waals surface area contributed by atoms with E-state index in [9.17, 15) is 9.90 Å². The van der Waals surface area contributed by atoms with Gasteiger partial charge in [-0.15, -0.1) is 0 Å². The molecule has 3 nitrogen and oxygen atoms in total. The number of hydrogen-bond donors (Lipinski definition) is 1. The minimum absolute atomic E-state index is 0.0790. The van der Waals surface area contributed by atoms with Gasteiger partial charge in [0.05, 0.1) is 0 Å². The lowest BCUT2D eigenvalue weighted by atomic mass is 9.97. The Morgan fingerprint density at radius 2 is 1.50 bits per heavy atom. The molecule has 0 atom stereocenters. The van der Waals surface area contributed by atoms with Gasteiger partial charge in [-0.05, 0) is 22.3 Å². The van der Waals surface area contributed by atoms with Crippen molar-refractivity contribution < 1.29 is 9.90 Å². The first-order chi connectivity index (χ1) is 8.77. The van der Waals surface area contributed by atoms with Gasteiger partial charge in [0.15, 0.2) is 0 Å². The Kier molecular flexibility index (Phi) is 2.52. The molecule has 0 bridgehead atoms. The maximum Gasteiger partial charge on any atom is 0.134 e. The van der Waals surface area contributed by atoms with Crippen LogP contribution in [0.15, 0.2) is 48.5 Å². The number of hydrogen-bond acceptors (Lipinski definition) is 2. The average Bonchev–Trinajstić information content (AvgIpc) is 2.71. The van der Waals surface area contributed by atoms with Crippen LogP contribution in [0.3, 0.4) is 0 Å². The summed E-state index contributed by atoms with van der Waals surface area (Å²) in [5, 5.41) is 12.9. The van der Waals surface area contributed by atoms with Crippen LogP contribution in [0, 0.1) is 0 Å². The third-order valence-electron chi connectivity index (χ3n) is 3.41. The van der Waals surface area contributed by atoms with Crippen LogP contribution in [0.2, 0.25) is 0 Å². The zero-order valence-corrected chi connectivity index (χ0v) is 9.72. The fraction of sp³-hybridized carbons (Fsp3) is 0.133. The number of fused-ring (bicyclic) bond motifs is 3. The van der Waals surface area contributed by atoms with Gasteiger partial charge in [0.1, 0.15) is 6.09 Å². The van der Waals surface area contributed by atoms with Crippen LogP contribution < -0.4 is 10.4 Å². The van der Waals surface area contributed by atoms with E-state index in [1.54, 1.807) is 0 Å². The normalized spacial score (nSPS) is 12.9. The topological polar surface area (TPSA) is 52.2 Å². The maximum absolute atomic E-state index is 10.6. The van der Waals surface area contributed by atoms with Crippen molar-refractivity contribution in [2.45, 2.75) is 5.92 Å². The highest BCUT2D eigenvalue weighted by Gasteiger charge is 2.27. The second kappa shape index (κ2) is 4.18. The van der Waals surface area contributed by atoms with Gasteiger partial charge >= 0.3 is 0 Å². The molecule has 18 heavy (non-hydrogen) atoms. The summed E-state index contributed by atoms with van der Waals surface area (Å²) in [5.41, 5.74) is 4.73. The molecule has 1 aliphatic rings. The van der Waals surface area contributed by atoms with Crippen LogP contribution in [0.5, 0.6) is 0 Å². The van der Waals surface area contributed by atoms with Crippen molar-refractivity contribution in [1.29, 1.82) is 0 Å². The van der Waals surface area contributed by atoms with Gasteiger partial charge in [-0.1, -0.05) is 48.5 Å². The summed E-state index contributed by atoms with van der Waals surface area (Å²) in [5.74, 6) is 0.0790. The Balaban J connectivity index is 2.06. The van der Waals surface area contributed by atoms with Crippen molar-refractivity contribution in [2.75, 3.05) is 6.54 Å². The summed E-state index contributed by atoms with van der Waals surface area (Å²) >= 11 is 0. The lowest BCUT2D eigenvalue weighted by molar-refractivity contribution is -0.250. The van der Waals surface area contributed by atoms with Gasteiger partial charge in [-0.3, -0.25) is 0 Å². The highest BCUT2D eigenvalue weighted by molar-refractivity contribution is 5.79. The van der Waals surface area contributed by atoms with E-state index < -0.39 is 6.09 Å². The molecule has 0 unspecified atom stereocenters. The molecule has 1 amide bonds. The van der Waals surface area contributed by atoms with Crippen molar-refractivity contribution >= 4 is 6.09 Å². The SMILES string of the molecule is O=C([O-])NCC1c2ccccc2-c2ccccc21. The van der Waals surface area contributed by atoms with Crippen LogP contribution in [-0.4, -0.2) is 12.6 Å². The summed E-state index contributed by atoms with van der Waals surface area (Å²) in [6, 6.07) is 16.2. The highest BCUT2D eigenvalue weighted by Crippen LogP contribution is 2.43. The first-order valence-electron chi connectivity index (χ1n) is 5.90. The van der Waals surface area contributed by atoms with E-state index in [1.807, 2.05) is 24.3 Å². The molecular weight excluding hydrogens is 226 g/mol. The summed E-state index contributed by atoms with van der Waals surface area (Å²) in [7, 11) is 0. The molecule has 0 fully saturated rings. The fourth-order valence-corrected chi connectivity index (χ4v) is 2.67. The molecule has 90 valence electrons. The van der Waals surface area contributed by atoms with Gasteiger partial charge in [0.2, 0.25) is 0 Å². The molecule has 0 heterocycles. The minimum Gasteiger partial charge on any atom is -0.530 e. The molecule has 0 aromatic heterocycles. The van der Waals surface area contributed by atoms with Gasteiger partial charge in [0, 0.05) is 12.5 Å².